The van der Waals surface area contributed by atoms with Gasteiger partial charge in [-0.05, 0) is 66.2 Å². The normalized spacial score (nSPS) is 14.6. The lowest BCUT2D eigenvalue weighted by Crippen LogP contribution is -2.31. The molecule has 3 aromatic carbocycles. The summed E-state index contributed by atoms with van der Waals surface area (Å²) in [5.41, 5.74) is 1.45. The van der Waals surface area contributed by atoms with Crippen LogP contribution in [0.25, 0.3) is 6.08 Å². The molecule has 12 heteroatoms. The van der Waals surface area contributed by atoms with Gasteiger partial charge in [-0.2, -0.15) is 0 Å². The molecule has 3 aromatic rings. The van der Waals surface area contributed by atoms with E-state index in [1.165, 1.54) is 23.1 Å². The van der Waals surface area contributed by atoms with E-state index in [0.717, 1.165) is 23.9 Å². The predicted octanol–water partition coefficient (Wildman–Crippen LogP) is 7.01. The number of hydrogen-bond acceptors (Lipinski definition) is 5. The number of thioether (sulfide) groups is 1. The van der Waals surface area contributed by atoms with Gasteiger partial charge in [-0.3, -0.25) is 14.5 Å². The van der Waals surface area contributed by atoms with Crippen LogP contribution in [0.4, 0.5) is 24.5 Å². The van der Waals surface area contributed by atoms with Gasteiger partial charge in [-0.25, -0.2) is 4.99 Å². The standard InChI is InChI=1S/C25H16Cl2F3N3O3S/c26-16-6-11-20(27)15(12-16)13-21-23(35)33(18-4-2-1-3-5-18)24(32-21)37-14-22(34)31-17-7-9-19(10-8-17)36-25(28,29)30/h1-13H,14H2,(H,31,34). The first kappa shape index (κ1) is 26.6. The summed E-state index contributed by atoms with van der Waals surface area (Å²) in [6, 6.07) is 18.4. The maximum Gasteiger partial charge on any atom is 0.573 e. The summed E-state index contributed by atoms with van der Waals surface area (Å²) in [5, 5.41) is 3.68. The van der Waals surface area contributed by atoms with Gasteiger partial charge < -0.3 is 10.1 Å². The monoisotopic (exact) mass is 565 g/mol. The van der Waals surface area contributed by atoms with Crippen molar-refractivity contribution in [1.29, 1.82) is 0 Å². The molecule has 0 saturated heterocycles. The Morgan fingerprint density at radius 1 is 1.05 bits per heavy atom. The molecule has 4 rings (SSSR count). The summed E-state index contributed by atoms with van der Waals surface area (Å²) >= 11 is 13.3. The van der Waals surface area contributed by atoms with E-state index in [9.17, 15) is 22.8 Å². The zero-order chi connectivity index (χ0) is 26.6. The molecule has 37 heavy (non-hydrogen) atoms. The summed E-state index contributed by atoms with van der Waals surface area (Å²) in [6.07, 6.45) is -3.29. The molecule has 190 valence electrons. The fraction of sp³-hybridized carbons (Fsp3) is 0.0800. The molecule has 2 amide bonds. The Bertz CT molecular complexity index is 1380. The lowest BCUT2D eigenvalue weighted by atomic mass is 10.2. The van der Waals surface area contributed by atoms with Crippen molar-refractivity contribution in [3.05, 3.63) is 94.1 Å². The van der Waals surface area contributed by atoms with Crippen LogP contribution in [0.1, 0.15) is 5.56 Å². The molecule has 0 fully saturated rings. The minimum Gasteiger partial charge on any atom is -0.406 e. The SMILES string of the molecule is O=C(CSC1=NC(=Cc2cc(Cl)ccc2Cl)C(=O)N1c1ccccc1)Nc1ccc(OC(F)(F)F)cc1. The molecule has 0 radical (unpaired) electrons. The zero-order valence-corrected chi connectivity index (χ0v) is 21.0. The molecule has 0 unspecified atom stereocenters. The number of para-hydroxylation sites is 1. The van der Waals surface area contributed by atoms with Crippen molar-refractivity contribution in [2.75, 3.05) is 16.0 Å². The summed E-state index contributed by atoms with van der Waals surface area (Å²) in [6.45, 7) is 0. The van der Waals surface area contributed by atoms with Crippen LogP contribution in [-0.4, -0.2) is 29.1 Å². The van der Waals surface area contributed by atoms with Crippen LogP contribution in [0.5, 0.6) is 5.75 Å². The van der Waals surface area contributed by atoms with Crippen molar-refractivity contribution in [3.63, 3.8) is 0 Å². The number of nitrogens with one attached hydrogen (secondary N) is 1. The molecule has 0 spiro atoms. The number of alkyl halides is 3. The van der Waals surface area contributed by atoms with Crippen molar-refractivity contribution in [2.24, 2.45) is 4.99 Å². The van der Waals surface area contributed by atoms with E-state index >= 15 is 0 Å². The third-order valence-electron chi connectivity index (χ3n) is 4.80. The highest BCUT2D eigenvalue weighted by molar-refractivity contribution is 8.14. The van der Waals surface area contributed by atoms with Crippen LogP contribution in [0.3, 0.4) is 0 Å². The highest BCUT2D eigenvalue weighted by Gasteiger charge is 2.33. The Kier molecular flexibility index (Phi) is 8.11. The van der Waals surface area contributed by atoms with E-state index in [1.54, 1.807) is 48.5 Å². The van der Waals surface area contributed by atoms with Crippen molar-refractivity contribution < 1.29 is 27.5 Å². The van der Waals surface area contributed by atoms with Crippen molar-refractivity contribution in [1.82, 2.24) is 0 Å². The van der Waals surface area contributed by atoms with E-state index < -0.39 is 23.9 Å². The largest absolute Gasteiger partial charge is 0.573 e. The number of ether oxygens (including phenoxy) is 1. The number of anilines is 2. The van der Waals surface area contributed by atoms with Crippen LogP contribution >= 0.6 is 35.0 Å². The van der Waals surface area contributed by atoms with Gasteiger partial charge in [0, 0.05) is 15.7 Å². The molecule has 0 atom stereocenters. The average molecular weight is 566 g/mol. The molecule has 6 nitrogen and oxygen atoms in total. The van der Waals surface area contributed by atoms with Crippen LogP contribution in [0, 0.1) is 0 Å². The van der Waals surface area contributed by atoms with Gasteiger partial charge in [0.25, 0.3) is 5.91 Å². The van der Waals surface area contributed by atoms with Crippen LogP contribution in [-0.2, 0) is 9.59 Å². The Hall–Kier alpha value is -3.47. The fourth-order valence-corrected chi connectivity index (χ4v) is 4.40. The minimum atomic E-state index is -4.81. The lowest BCUT2D eigenvalue weighted by molar-refractivity contribution is -0.274. The second kappa shape index (κ2) is 11.3. The second-order valence-corrected chi connectivity index (χ2v) is 9.26. The highest BCUT2D eigenvalue weighted by atomic mass is 35.5. The number of benzene rings is 3. The van der Waals surface area contributed by atoms with E-state index in [1.807, 2.05) is 0 Å². The summed E-state index contributed by atoms with van der Waals surface area (Å²) < 4.78 is 40.8. The number of amides is 2. The first-order valence-electron chi connectivity index (χ1n) is 10.5. The van der Waals surface area contributed by atoms with Gasteiger partial charge in [0.15, 0.2) is 5.17 Å². The third kappa shape index (κ3) is 7.06. The summed E-state index contributed by atoms with van der Waals surface area (Å²) in [4.78, 5) is 31.6. The smallest absolute Gasteiger partial charge is 0.406 e. The first-order valence-corrected chi connectivity index (χ1v) is 12.3. The maximum atomic E-state index is 13.2. The summed E-state index contributed by atoms with van der Waals surface area (Å²) in [5.74, 6) is -1.39. The second-order valence-electron chi connectivity index (χ2n) is 7.47. The van der Waals surface area contributed by atoms with Gasteiger partial charge in [-0.15, -0.1) is 13.2 Å². The van der Waals surface area contributed by atoms with Gasteiger partial charge in [0.05, 0.1) is 11.4 Å². The number of nitrogens with zero attached hydrogens (tertiary/aromatic N) is 2. The highest BCUT2D eigenvalue weighted by Crippen LogP contribution is 2.31. The summed E-state index contributed by atoms with van der Waals surface area (Å²) in [7, 11) is 0. The molecule has 0 aliphatic carbocycles. The minimum absolute atomic E-state index is 0.108. The molecule has 1 aliphatic heterocycles. The van der Waals surface area contributed by atoms with Gasteiger partial charge in [0.2, 0.25) is 5.91 Å². The van der Waals surface area contributed by atoms with E-state index in [0.29, 0.717) is 21.3 Å². The van der Waals surface area contributed by atoms with E-state index in [2.05, 4.69) is 15.0 Å². The van der Waals surface area contributed by atoms with Gasteiger partial charge in [-0.1, -0.05) is 53.2 Å². The Labute approximate surface area is 223 Å². The number of carbonyl (C=O) groups excluding carboxylic acids is 2. The van der Waals surface area contributed by atoms with Crippen molar-refractivity contribution >= 4 is 69.4 Å². The molecular formula is C25H16Cl2F3N3O3S. The van der Waals surface area contributed by atoms with Gasteiger partial charge >= 0.3 is 6.36 Å². The number of hydrogen-bond donors (Lipinski definition) is 1. The Morgan fingerprint density at radius 3 is 2.43 bits per heavy atom. The molecule has 0 saturated carbocycles. The molecule has 0 bridgehead atoms. The van der Waals surface area contributed by atoms with Crippen LogP contribution in [0.2, 0.25) is 10.0 Å². The first-order chi connectivity index (χ1) is 17.6. The van der Waals surface area contributed by atoms with Gasteiger partial charge in [0.1, 0.15) is 11.4 Å². The number of rotatable bonds is 6. The van der Waals surface area contributed by atoms with E-state index in [-0.39, 0.29) is 22.3 Å². The third-order valence-corrected chi connectivity index (χ3v) is 6.32. The maximum absolute atomic E-state index is 13.2. The average Bonchev–Trinajstić information content (AvgIpc) is 3.16. The van der Waals surface area contributed by atoms with Crippen molar-refractivity contribution in [3.8, 4) is 5.75 Å². The Morgan fingerprint density at radius 2 is 1.76 bits per heavy atom. The number of aliphatic imine (C=N–C) groups is 1. The molecule has 1 heterocycles. The molecule has 0 aromatic heterocycles. The number of amidine groups is 1. The quantitative estimate of drug-likeness (QED) is 0.326. The Balaban J connectivity index is 1.50. The zero-order valence-electron chi connectivity index (χ0n) is 18.6. The topological polar surface area (TPSA) is 71.0 Å². The number of carbonyl (C=O) groups is 2. The lowest BCUT2D eigenvalue weighted by Gasteiger charge is -2.17. The molecule has 1 N–H and O–H groups in total. The fourth-order valence-electron chi connectivity index (χ4n) is 3.24. The van der Waals surface area contributed by atoms with Crippen LogP contribution in [0.15, 0.2) is 83.5 Å². The molecule has 1 aliphatic rings. The van der Waals surface area contributed by atoms with Crippen molar-refractivity contribution in [2.45, 2.75) is 6.36 Å². The van der Waals surface area contributed by atoms with Crippen LogP contribution < -0.4 is 15.0 Å². The predicted molar refractivity (Wildman–Crippen MR) is 140 cm³/mol. The van der Waals surface area contributed by atoms with E-state index in [4.69, 9.17) is 23.2 Å². The molecular weight excluding hydrogens is 550 g/mol. The number of halogens is 5.